The van der Waals surface area contributed by atoms with E-state index in [1.54, 1.807) is 6.92 Å². The number of ether oxygens (including phenoxy) is 1. The summed E-state index contributed by atoms with van der Waals surface area (Å²) in [6, 6.07) is 0. The molecule has 1 aromatic rings. The fraction of sp³-hybridized carbons (Fsp3) is 0.692. The van der Waals surface area contributed by atoms with Crippen molar-refractivity contribution in [1.29, 1.82) is 0 Å². The highest BCUT2D eigenvalue weighted by Crippen LogP contribution is 2.20. The Kier molecular flexibility index (Phi) is 5.50. The van der Waals surface area contributed by atoms with E-state index in [0.717, 1.165) is 5.56 Å². The van der Waals surface area contributed by atoms with Crippen LogP contribution in [-0.4, -0.2) is 59.4 Å². The fourth-order valence-corrected chi connectivity index (χ4v) is 1.91. The summed E-state index contributed by atoms with van der Waals surface area (Å²) in [6.07, 6.45) is 1.46. The average molecular weight is 268 g/mol. The first kappa shape index (κ1) is 15.7. The molecular weight excluding hydrogens is 244 g/mol. The summed E-state index contributed by atoms with van der Waals surface area (Å²) in [7, 11) is 3.86. The first-order valence-electron chi connectivity index (χ1n) is 6.41. The minimum Gasteiger partial charge on any atom is -0.478 e. The summed E-state index contributed by atoms with van der Waals surface area (Å²) in [6.45, 7) is 7.15. The van der Waals surface area contributed by atoms with Gasteiger partial charge in [-0.05, 0) is 34.9 Å². The van der Waals surface area contributed by atoms with E-state index in [1.165, 1.54) is 6.33 Å². The Balaban J connectivity index is 2.70. The van der Waals surface area contributed by atoms with E-state index in [-0.39, 0.29) is 0 Å². The number of nitrogens with one attached hydrogen (secondary N) is 1. The van der Waals surface area contributed by atoms with Gasteiger partial charge in [0.1, 0.15) is 12.1 Å². The maximum atomic E-state index is 10.2. The van der Waals surface area contributed by atoms with Crippen LogP contribution in [0.4, 0.5) is 5.82 Å². The lowest BCUT2D eigenvalue weighted by molar-refractivity contribution is 0.0459. The zero-order chi connectivity index (χ0) is 14.5. The van der Waals surface area contributed by atoms with Crippen molar-refractivity contribution in [3.05, 3.63) is 11.9 Å². The van der Waals surface area contributed by atoms with E-state index in [1.807, 2.05) is 32.8 Å². The monoisotopic (exact) mass is 268 g/mol. The van der Waals surface area contributed by atoms with Gasteiger partial charge in [-0.15, -0.1) is 0 Å². The number of aliphatic hydroxyl groups is 1. The Morgan fingerprint density at radius 1 is 1.42 bits per heavy atom. The maximum Gasteiger partial charge on any atom is 0.221 e. The van der Waals surface area contributed by atoms with E-state index in [9.17, 15) is 5.11 Å². The molecule has 19 heavy (non-hydrogen) atoms. The minimum atomic E-state index is -0.827. The number of hydrogen-bond donors (Lipinski definition) is 2. The van der Waals surface area contributed by atoms with Crippen LogP contribution in [0.25, 0.3) is 0 Å². The topological polar surface area (TPSA) is 70.5 Å². The molecule has 0 aliphatic heterocycles. The van der Waals surface area contributed by atoms with Crippen molar-refractivity contribution in [3.8, 4) is 5.88 Å². The molecule has 0 bridgehead atoms. The number of aromatic nitrogens is 2. The molecule has 108 valence electrons. The Morgan fingerprint density at radius 2 is 2.11 bits per heavy atom. The number of rotatable bonds is 7. The van der Waals surface area contributed by atoms with Gasteiger partial charge in [0.05, 0.1) is 17.8 Å². The van der Waals surface area contributed by atoms with Gasteiger partial charge >= 0.3 is 0 Å². The molecule has 0 fully saturated rings. The molecule has 6 heteroatoms. The largest absolute Gasteiger partial charge is 0.478 e. The highest BCUT2D eigenvalue weighted by molar-refractivity contribution is 5.47. The van der Waals surface area contributed by atoms with Crippen LogP contribution in [0.2, 0.25) is 0 Å². The summed E-state index contributed by atoms with van der Waals surface area (Å²) < 4.78 is 5.41. The quantitative estimate of drug-likeness (QED) is 0.766. The molecule has 1 atom stereocenters. The van der Waals surface area contributed by atoms with Gasteiger partial charge in [0.25, 0.3) is 0 Å². The molecular formula is C13H24N4O2. The zero-order valence-electron chi connectivity index (χ0n) is 12.4. The maximum absolute atomic E-state index is 10.2. The molecule has 1 heterocycles. The van der Waals surface area contributed by atoms with E-state index < -0.39 is 5.60 Å². The van der Waals surface area contributed by atoms with E-state index in [2.05, 4.69) is 15.3 Å². The molecule has 0 amide bonds. The van der Waals surface area contributed by atoms with Crippen molar-refractivity contribution >= 4 is 5.82 Å². The normalized spacial score (nSPS) is 14.3. The summed E-state index contributed by atoms with van der Waals surface area (Å²) in [4.78, 5) is 10.2. The third-order valence-electron chi connectivity index (χ3n) is 2.61. The lowest BCUT2D eigenvalue weighted by Gasteiger charge is -2.27. The lowest BCUT2D eigenvalue weighted by Crippen LogP contribution is -2.43. The van der Waals surface area contributed by atoms with Crippen LogP contribution in [0.5, 0.6) is 5.88 Å². The predicted octanol–water partition coefficient (Wildman–Crippen LogP) is 0.908. The first-order valence-corrected chi connectivity index (χ1v) is 6.41. The smallest absolute Gasteiger partial charge is 0.221 e. The van der Waals surface area contributed by atoms with Crippen LogP contribution >= 0.6 is 0 Å². The summed E-state index contributed by atoms with van der Waals surface area (Å²) in [5.41, 5.74) is 0.0251. The van der Waals surface area contributed by atoms with E-state index in [0.29, 0.717) is 31.4 Å². The molecule has 1 unspecified atom stereocenters. The van der Waals surface area contributed by atoms with Gasteiger partial charge in [-0.3, -0.25) is 0 Å². The van der Waals surface area contributed by atoms with Gasteiger partial charge in [-0.25, -0.2) is 9.97 Å². The van der Waals surface area contributed by atoms with Gasteiger partial charge in [0.15, 0.2) is 0 Å². The second kappa shape index (κ2) is 6.68. The predicted molar refractivity (Wildman–Crippen MR) is 75.6 cm³/mol. The van der Waals surface area contributed by atoms with Gasteiger partial charge < -0.3 is 20.1 Å². The van der Waals surface area contributed by atoms with Crippen LogP contribution < -0.4 is 10.1 Å². The molecule has 0 aromatic carbocycles. The molecule has 1 rings (SSSR count). The molecule has 0 aliphatic carbocycles. The van der Waals surface area contributed by atoms with E-state index in [4.69, 9.17) is 4.74 Å². The summed E-state index contributed by atoms with van der Waals surface area (Å²) >= 11 is 0. The van der Waals surface area contributed by atoms with E-state index >= 15 is 0 Å². The van der Waals surface area contributed by atoms with Gasteiger partial charge in [0, 0.05) is 13.1 Å². The summed E-state index contributed by atoms with van der Waals surface area (Å²) in [5.74, 6) is 1.27. The van der Waals surface area contributed by atoms with Crippen LogP contribution in [0.3, 0.4) is 0 Å². The van der Waals surface area contributed by atoms with Crippen molar-refractivity contribution < 1.29 is 9.84 Å². The van der Waals surface area contributed by atoms with Crippen molar-refractivity contribution in [2.75, 3.05) is 39.1 Å². The molecule has 0 spiro atoms. The standard InChI is InChI=1S/C13H24N4O2/c1-6-19-12-10(2)11(15-9-16-12)14-7-13(3,18)8-17(4)5/h9,18H,6-8H2,1-5H3,(H,14,15,16). The minimum absolute atomic E-state index is 0.411. The van der Waals surface area contributed by atoms with Crippen LogP contribution in [0.15, 0.2) is 6.33 Å². The van der Waals surface area contributed by atoms with Crippen molar-refractivity contribution in [3.63, 3.8) is 0 Å². The molecule has 0 saturated heterocycles. The van der Waals surface area contributed by atoms with Gasteiger partial charge in [-0.1, -0.05) is 0 Å². The summed E-state index contributed by atoms with van der Waals surface area (Å²) in [5, 5.41) is 13.4. The second-order valence-electron chi connectivity index (χ2n) is 5.17. The number of hydrogen-bond acceptors (Lipinski definition) is 6. The third kappa shape index (κ3) is 5.00. The molecule has 1 aromatic heterocycles. The molecule has 0 radical (unpaired) electrons. The highest BCUT2D eigenvalue weighted by atomic mass is 16.5. The van der Waals surface area contributed by atoms with Gasteiger partial charge in [0.2, 0.25) is 5.88 Å². The molecule has 6 nitrogen and oxygen atoms in total. The van der Waals surface area contributed by atoms with Gasteiger partial charge in [-0.2, -0.15) is 0 Å². The third-order valence-corrected chi connectivity index (χ3v) is 2.61. The molecule has 0 saturated carbocycles. The Bertz CT molecular complexity index is 408. The van der Waals surface area contributed by atoms with Crippen molar-refractivity contribution in [2.24, 2.45) is 0 Å². The number of likely N-dealkylation sites (N-methyl/N-ethyl adjacent to an activating group) is 1. The highest BCUT2D eigenvalue weighted by Gasteiger charge is 2.21. The van der Waals surface area contributed by atoms with Crippen molar-refractivity contribution in [1.82, 2.24) is 14.9 Å². The van der Waals surface area contributed by atoms with Crippen LogP contribution in [-0.2, 0) is 0 Å². The Labute approximate surface area is 114 Å². The molecule has 2 N–H and O–H groups in total. The SMILES string of the molecule is CCOc1ncnc(NCC(C)(O)CN(C)C)c1C. The van der Waals surface area contributed by atoms with Crippen LogP contribution in [0, 0.1) is 6.92 Å². The second-order valence-corrected chi connectivity index (χ2v) is 5.17. The fourth-order valence-electron chi connectivity index (χ4n) is 1.91. The number of anilines is 1. The number of nitrogens with zero attached hydrogens (tertiary/aromatic N) is 3. The average Bonchev–Trinajstić information content (AvgIpc) is 2.29. The molecule has 0 aliphatic rings. The Hall–Kier alpha value is -1.40. The van der Waals surface area contributed by atoms with Crippen molar-refractivity contribution in [2.45, 2.75) is 26.4 Å². The lowest BCUT2D eigenvalue weighted by atomic mass is 10.1. The first-order chi connectivity index (χ1) is 8.85. The van der Waals surface area contributed by atoms with Crippen LogP contribution in [0.1, 0.15) is 19.4 Å². The Morgan fingerprint density at radius 3 is 2.68 bits per heavy atom. The zero-order valence-corrected chi connectivity index (χ0v) is 12.4.